The van der Waals surface area contributed by atoms with E-state index in [4.69, 9.17) is 16.3 Å². The highest BCUT2D eigenvalue weighted by Gasteiger charge is 2.09. The molecule has 2 amide bonds. The second kappa shape index (κ2) is 10.4. The Hall–Kier alpha value is -2.73. The van der Waals surface area contributed by atoms with E-state index in [0.29, 0.717) is 40.9 Å². The van der Waals surface area contributed by atoms with Crippen molar-refractivity contribution in [3.05, 3.63) is 47.5 Å². The number of anilines is 3. The van der Waals surface area contributed by atoms with Crippen molar-refractivity contribution in [2.45, 2.75) is 26.7 Å². The normalized spacial score (nSPS) is 10.2. The lowest BCUT2D eigenvalue weighted by Gasteiger charge is -2.13. The van der Waals surface area contributed by atoms with E-state index in [-0.39, 0.29) is 18.4 Å². The Bertz CT molecular complexity index is 796. The molecule has 2 aromatic carbocycles. The molecule has 2 aromatic rings. The van der Waals surface area contributed by atoms with Gasteiger partial charge in [0.05, 0.1) is 29.5 Å². The molecule has 2 rings (SSSR count). The third-order valence-corrected chi connectivity index (χ3v) is 3.96. The summed E-state index contributed by atoms with van der Waals surface area (Å²) in [4.78, 5) is 24.0. The lowest BCUT2D eigenvalue weighted by Crippen LogP contribution is -2.22. The smallest absolute Gasteiger partial charge is 0.243 e. The average Bonchev–Trinajstić information content (AvgIpc) is 2.64. The van der Waals surface area contributed by atoms with Crippen molar-refractivity contribution in [3.8, 4) is 5.75 Å². The molecule has 0 saturated heterocycles. The van der Waals surface area contributed by atoms with Gasteiger partial charge in [-0.1, -0.05) is 30.7 Å². The molecular formula is C20H24ClN3O3. The second-order valence-electron chi connectivity index (χ2n) is 5.82. The fourth-order valence-corrected chi connectivity index (χ4v) is 2.59. The molecule has 0 aliphatic rings. The van der Waals surface area contributed by atoms with Crippen LogP contribution in [-0.2, 0) is 9.59 Å². The molecule has 0 heterocycles. The van der Waals surface area contributed by atoms with Crippen molar-refractivity contribution >= 4 is 40.5 Å². The van der Waals surface area contributed by atoms with Gasteiger partial charge in [-0.05, 0) is 43.7 Å². The fourth-order valence-electron chi connectivity index (χ4n) is 2.41. The van der Waals surface area contributed by atoms with Crippen LogP contribution < -0.4 is 20.7 Å². The molecule has 0 unspecified atom stereocenters. The zero-order valence-corrected chi connectivity index (χ0v) is 16.2. The number of amides is 2. The Morgan fingerprint density at radius 3 is 2.52 bits per heavy atom. The van der Waals surface area contributed by atoms with Crippen LogP contribution in [0.15, 0.2) is 42.5 Å². The Morgan fingerprint density at radius 2 is 1.78 bits per heavy atom. The molecule has 0 aromatic heterocycles. The van der Waals surface area contributed by atoms with Gasteiger partial charge in [0.1, 0.15) is 5.75 Å². The average molecular weight is 390 g/mol. The van der Waals surface area contributed by atoms with Gasteiger partial charge in [0.2, 0.25) is 11.8 Å². The highest BCUT2D eigenvalue weighted by molar-refractivity contribution is 6.33. The minimum absolute atomic E-state index is 0.0204. The molecule has 0 atom stereocenters. The monoisotopic (exact) mass is 389 g/mol. The molecule has 0 fully saturated rings. The predicted molar refractivity (Wildman–Crippen MR) is 110 cm³/mol. The summed E-state index contributed by atoms with van der Waals surface area (Å²) in [5, 5.41) is 9.07. The minimum atomic E-state index is -0.237. The molecular weight excluding hydrogens is 366 g/mol. The Balaban J connectivity index is 1.97. The zero-order chi connectivity index (χ0) is 19.6. The van der Waals surface area contributed by atoms with Crippen LogP contribution in [-0.4, -0.2) is 25.0 Å². The third-order valence-electron chi connectivity index (χ3n) is 3.63. The molecule has 0 aliphatic carbocycles. The number of ether oxygens (including phenoxy) is 1. The van der Waals surface area contributed by atoms with Gasteiger partial charge in [-0.3, -0.25) is 9.59 Å². The SMILES string of the molecule is CCCC(=O)Nc1ccc(Cl)c(NCC(=O)Nc2ccccc2OCC)c1. The van der Waals surface area contributed by atoms with E-state index in [1.54, 1.807) is 30.3 Å². The Morgan fingerprint density at radius 1 is 1.00 bits per heavy atom. The van der Waals surface area contributed by atoms with E-state index in [9.17, 15) is 9.59 Å². The molecule has 27 heavy (non-hydrogen) atoms. The first-order chi connectivity index (χ1) is 13.0. The van der Waals surface area contributed by atoms with E-state index in [2.05, 4.69) is 16.0 Å². The largest absolute Gasteiger partial charge is 0.492 e. The third kappa shape index (κ3) is 6.49. The first-order valence-electron chi connectivity index (χ1n) is 8.88. The van der Waals surface area contributed by atoms with Crippen LogP contribution in [0.1, 0.15) is 26.7 Å². The van der Waals surface area contributed by atoms with Gasteiger partial charge in [0, 0.05) is 12.1 Å². The lowest BCUT2D eigenvalue weighted by molar-refractivity contribution is -0.116. The highest BCUT2D eigenvalue weighted by Crippen LogP contribution is 2.26. The van der Waals surface area contributed by atoms with Gasteiger partial charge in [0.25, 0.3) is 0 Å². The number of hydrogen-bond acceptors (Lipinski definition) is 4. The van der Waals surface area contributed by atoms with E-state index in [1.165, 1.54) is 0 Å². The zero-order valence-electron chi connectivity index (χ0n) is 15.5. The molecule has 6 nitrogen and oxygen atoms in total. The van der Waals surface area contributed by atoms with E-state index < -0.39 is 0 Å². The van der Waals surface area contributed by atoms with Gasteiger partial charge < -0.3 is 20.7 Å². The number of benzene rings is 2. The Labute approximate surface area is 164 Å². The summed E-state index contributed by atoms with van der Waals surface area (Å²) < 4.78 is 5.50. The molecule has 7 heteroatoms. The number of carbonyl (C=O) groups excluding carboxylic acids is 2. The van der Waals surface area contributed by atoms with Crippen molar-refractivity contribution < 1.29 is 14.3 Å². The number of halogens is 1. The van der Waals surface area contributed by atoms with E-state index in [1.807, 2.05) is 26.0 Å². The predicted octanol–water partition coefficient (Wildman–Crippen LogP) is 4.53. The molecule has 0 aliphatic heterocycles. The van der Waals surface area contributed by atoms with Crippen LogP contribution in [0.5, 0.6) is 5.75 Å². The van der Waals surface area contributed by atoms with Crippen molar-refractivity contribution in [1.29, 1.82) is 0 Å². The first kappa shape index (κ1) is 20.6. The topological polar surface area (TPSA) is 79.5 Å². The van der Waals surface area contributed by atoms with Crippen LogP contribution >= 0.6 is 11.6 Å². The summed E-state index contributed by atoms with van der Waals surface area (Å²) in [6, 6.07) is 12.3. The van der Waals surface area contributed by atoms with Gasteiger partial charge in [-0.15, -0.1) is 0 Å². The van der Waals surface area contributed by atoms with Crippen LogP contribution in [0.25, 0.3) is 0 Å². The van der Waals surface area contributed by atoms with Crippen molar-refractivity contribution in [1.82, 2.24) is 0 Å². The molecule has 0 radical (unpaired) electrons. The number of carbonyl (C=O) groups is 2. The molecule has 3 N–H and O–H groups in total. The first-order valence-corrected chi connectivity index (χ1v) is 9.26. The van der Waals surface area contributed by atoms with Crippen molar-refractivity contribution in [2.75, 3.05) is 29.1 Å². The summed E-state index contributed by atoms with van der Waals surface area (Å²) in [5.41, 5.74) is 1.81. The number of para-hydroxylation sites is 2. The van der Waals surface area contributed by atoms with Crippen LogP contribution in [0.2, 0.25) is 5.02 Å². The minimum Gasteiger partial charge on any atom is -0.492 e. The van der Waals surface area contributed by atoms with Gasteiger partial charge >= 0.3 is 0 Å². The summed E-state index contributed by atoms with van der Waals surface area (Å²) in [7, 11) is 0. The molecule has 0 spiro atoms. The number of hydrogen-bond donors (Lipinski definition) is 3. The van der Waals surface area contributed by atoms with Gasteiger partial charge in [-0.2, -0.15) is 0 Å². The second-order valence-corrected chi connectivity index (χ2v) is 6.23. The Kier molecular flexibility index (Phi) is 7.95. The van der Waals surface area contributed by atoms with Crippen LogP contribution in [0.4, 0.5) is 17.1 Å². The maximum atomic E-state index is 12.3. The van der Waals surface area contributed by atoms with E-state index in [0.717, 1.165) is 6.42 Å². The summed E-state index contributed by atoms with van der Waals surface area (Å²) in [6.45, 7) is 4.36. The molecule has 0 bridgehead atoms. The van der Waals surface area contributed by atoms with Crippen LogP contribution in [0.3, 0.4) is 0 Å². The maximum Gasteiger partial charge on any atom is 0.243 e. The molecule has 0 saturated carbocycles. The summed E-state index contributed by atoms with van der Waals surface area (Å²) >= 11 is 6.18. The standard InChI is InChI=1S/C20H24ClN3O3/c1-3-7-19(25)23-14-10-11-15(21)17(12-14)22-13-20(26)24-16-8-5-6-9-18(16)27-4-2/h5-6,8-12,22H,3-4,7,13H2,1-2H3,(H,23,25)(H,24,26). The fraction of sp³-hybridized carbons (Fsp3) is 0.300. The van der Waals surface area contributed by atoms with Gasteiger partial charge in [0.15, 0.2) is 0 Å². The molecule has 144 valence electrons. The van der Waals surface area contributed by atoms with Crippen molar-refractivity contribution in [2.24, 2.45) is 0 Å². The highest BCUT2D eigenvalue weighted by atomic mass is 35.5. The van der Waals surface area contributed by atoms with Crippen LogP contribution in [0, 0.1) is 0 Å². The number of rotatable bonds is 9. The van der Waals surface area contributed by atoms with Crippen molar-refractivity contribution in [3.63, 3.8) is 0 Å². The number of nitrogens with one attached hydrogen (secondary N) is 3. The quantitative estimate of drug-likeness (QED) is 0.588. The van der Waals surface area contributed by atoms with E-state index >= 15 is 0 Å². The maximum absolute atomic E-state index is 12.3. The van der Waals surface area contributed by atoms with Gasteiger partial charge in [-0.25, -0.2) is 0 Å². The lowest BCUT2D eigenvalue weighted by atomic mass is 10.2. The summed E-state index contributed by atoms with van der Waals surface area (Å²) in [5.74, 6) is 0.321. The summed E-state index contributed by atoms with van der Waals surface area (Å²) in [6.07, 6.45) is 1.22.